The highest BCUT2D eigenvalue weighted by molar-refractivity contribution is 7.89. The lowest BCUT2D eigenvalue weighted by atomic mass is 10.4. The van der Waals surface area contributed by atoms with Crippen molar-refractivity contribution in [3.63, 3.8) is 0 Å². The van der Waals surface area contributed by atoms with Gasteiger partial charge in [-0.1, -0.05) is 23.7 Å². The van der Waals surface area contributed by atoms with Gasteiger partial charge in [-0.25, -0.2) is 13.1 Å². The number of benzene rings is 1. The van der Waals surface area contributed by atoms with Gasteiger partial charge in [-0.3, -0.25) is 4.79 Å². The Morgan fingerprint density at radius 3 is 2.55 bits per heavy atom. The summed E-state index contributed by atoms with van der Waals surface area (Å²) in [7, 11) is -3.66. The molecule has 1 heterocycles. The average molecular weight is 317 g/mol. The number of likely N-dealkylation sites (tertiary alicyclic amines) is 1. The van der Waals surface area contributed by atoms with Gasteiger partial charge in [0.15, 0.2) is 0 Å². The van der Waals surface area contributed by atoms with E-state index in [0.29, 0.717) is 0 Å². The number of rotatable bonds is 5. The van der Waals surface area contributed by atoms with Crippen molar-refractivity contribution in [3.8, 4) is 0 Å². The highest BCUT2D eigenvalue weighted by Gasteiger charge is 2.20. The van der Waals surface area contributed by atoms with Crippen molar-refractivity contribution in [2.45, 2.75) is 24.2 Å². The van der Waals surface area contributed by atoms with Crippen LogP contribution < -0.4 is 4.72 Å². The number of halogens is 1. The predicted molar refractivity (Wildman–Crippen MR) is 77.1 cm³/mol. The van der Waals surface area contributed by atoms with E-state index in [1.54, 1.807) is 17.0 Å². The van der Waals surface area contributed by atoms with Crippen molar-refractivity contribution in [2.75, 3.05) is 19.6 Å². The minimum atomic E-state index is -3.66. The van der Waals surface area contributed by atoms with Crippen LogP contribution in [0.15, 0.2) is 29.2 Å². The summed E-state index contributed by atoms with van der Waals surface area (Å²) in [5, 5.41) is 0.172. The van der Waals surface area contributed by atoms with Crippen LogP contribution in [0.25, 0.3) is 0 Å². The summed E-state index contributed by atoms with van der Waals surface area (Å²) in [4.78, 5) is 13.6. The molecule has 20 heavy (non-hydrogen) atoms. The number of hydrogen-bond donors (Lipinski definition) is 1. The van der Waals surface area contributed by atoms with E-state index >= 15 is 0 Å². The maximum Gasteiger partial charge on any atom is 0.242 e. The summed E-state index contributed by atoms with van der Waals surface area (Å²) in [6, 6.07) is 6.23. The first-order valence-corrected chi connectivity index (χ1v) is 8.39. The summed E-state index contributed by atoms with van der Waals surface area (Å²) >= 11 is 5.86. The molecule has 0 aromatic heterocycles. The molecule has 1 saturated heterocycles. The Balaban J connectivity index is 1.90. The average Bonchev–Trinajstić information content (AvgIpc) is 2.92. The van der Waals surface area contributed by atoms with Crippen LogP contribution in [0.3, 0.4) is 0 Å². The van der Waals surface area contributed by atoms with Gasteiger partial charge in [0.25, 0.3) is 0 Å². The second-order valence-electron chi connectivity index (χ2n) is 4.67. The van der Waals surface area contributed by atoms with E-state index in [-0.39, 0.29) is 28.8 Å². The fourth-order valence-corrected chi connectivity index (χ4v) is 3.71. The van der Waals surface area contributed by atoms with Crippen molar-refractivity contribution >= 4 is 27.5 Å². The molecule has 0 unspecified atom stereocenters. The molecule has 0 radical (unpaired) electrons. The molecule has 1 aromatic carbocycles. The molecular weight excluding hydrogens is 300 g/mol. The Hall–Kier alpha value is -1.11. The Labute approximate surface area is 124 Å². The molecule has 2 rings (SSSR count). The van der Waals surface area contributed by atoms with Gasteiger partial charge in [-0.05, 0) is 25.0 Å². The van der Waals surface area contributed by atoms with E-state index in [0.717, 1.165) is 25.9 Å². The second-order valence-corrected chi connectivity index (χ2v) is 6.81. The second kappa shape index (κ2) is 6.56. The highest BCUT2D eigenvalue weighted by atomic mass is 35.5. The third-order valence-electron chi connectivity index (χ3n) is 3.22. The predicted octanol–water partition coefficient (Wildman–Crippen LogP) is 1.63. The van der Waals surface area contributed by atoms with Gasteiger partial charge >= 0.3 is 0 Å². The normalized spacial score (nSPS) is 15.6. The zero-order chi connectivity index (χ0) is 14.6. The molecule has 5 nitrogen and oxygen atoms in total. The van der Waals surface area contributed by atoms with Crippen LogP contribution in [0.4, 0.5) is 0 Å². The fourth-order valence-electron chi connectivity index (χ4n) is 2.16. The molecule has 0 bridgehead atoms. The maximum atomic E-state index is 12.0. The molecule has 1 aromatic rings. The molecule has 110 valence electrons. The molecule has 0 spiro atoms. The van der Waals surface area contributed by atoms with Crippen LogP contribution in [-0.2, 0) is 14.8 Å². The van der Waals surface area contributed by atoms with Gasteiger partial charge in [-0.15, -0.1) is 0 Å². The topological polar surface area (TPSA) is 66.5 Å². The third-order valence-corrected chi connectivity index (χ3v) is 5.18. The Bertz CT molecular complexity index is 583. The van der Waals surface area contributed by atoms with Crippen LogP contribution >= 0.6 is 11.6 Å². The van der Waals surface area contributed by atoms with Crippen molar-refractivity contribution in [2.24, 2.45) is 0 Å². The largest absolute Gasteiger partial charge is 0.343 e. The number of sulfonamides is 1. The minimum absolute atomic E-state index is 0.00985. The van der Waals surface area contributed by atoms with Crippen LogP contribution in [-0.4, -0.2) is 38.9 Å². The molecule has 1 aliphatic heterocycles. The van der Waals surface area contributed by atoms with Gasteiger partial charge in [0.2, 0.25) is 15.9 Å². The van der Waals surface area contributed by atoms with Crippen LogP contribution in [0.1, 0.15) is 19.3 Å². The Morgan fingerprint density at radius 1 is 1.25 bits per heavy atom. The first-order valence-electron chi connectivity index (χ1n) is 6.53. The lowest BCUT2D eigenvalue weighted by Gasteiger charge is -2.15. The molecule has 0 atom stereocenters. The van der Waals surface area contributed by atoms with Crippen LogP contribution in [0, 0.1) is 0 Å². The van der Waals surface area contributed by atoms with Gasteiger partial charge in [-0.2, -0.15) is 0 Å². The van der Waals surface area contributed by atoms with Gasteiger partial charge in [0.05, 0.1) is 5.02 Å². The Kier molecular flexibility index (Phi) is 5.01. The number of hydrogen-bond acceptors (Lipinski definition) is 3. The SMILES string of the molecule is O=C(CCNS(=O)(=O)c1ccccc1Cl)N1CCCC1. The maximum absolute atomic E-state index is 12.0. The number of nitrogens with zero attached hydrogens (tertiary/aromatic N) is 1. The van der Waals surface area contributed by atoms with Gasteiger partial charge in [0, 0.05) is 26.1 Å². The molecule has 1 N–H and O–H groups in total. The summed E-state index contributed by atoms with van der Waals surface area (Å²) < 4.78 is 26.5. The van der Waals surface area contributed by atoms with E-state index in [2.05, 4.69) is 4.72 Å². The van der Waals surface area contributed by atoms with Gasteiger partial charge < -0.3 is 4.90 Å². The smallest absolute Gasteiger partial charge is 0.242 e. The number of amides is 1. The zero-order valence-electron chi connectivity index (χ0n) is 11.0. The molecule has 0 aliphatic carbocycles. The minimum Gasteiger partial charge on any atom is -0.343 e. The molecule has 7 heteroatoms. The van der Waals surface area contributed by atoms with Crippen molar-refractivity contribution in [1.82, 2.24) is 9.62 Å². The van der Waals surface area contributed by atoms with Gasteiger partial charge in [0.1, 0.15) is 4.90 Å². The molecule has 1 fully saturated rings. The first kappa shape index (κ1) is 15.3. The molecule has 0 saturated carbocycles. The van der Waals surface area contributed by atoms with E-state index in [1.807, 2.05) is 0 Å². The summed E-state index contributed by atoms with van der Waals surface area (Å²) in [5.74, 6) is -0.00985. The Morgan fingerprint density at radius 2 is 1.90 bits per heavy atom. The van der Waals surface area contributed by atoms with E-state index in [9.17, 15) is 13.2 Å². The zero-order valence-corrected chi connectivity index (χ0v) is 12.6. The number of carbonyl (C=O) groups is 1. The summed E-state index contributed by atoms with van der Waals surface area (Å²) in [6.07, 6.45) is 2.22. The van der Waals surface area contributed by atoms with E-state index < -0.39 is 10.0 Å². The fraction of sp³-hybridized carbons (Fsp3) is 0.462. The standard InChI is InChI=1S/C13H17ClN2O3S/c14-11-5-1-2-6-12(11)20(18,19)15-8-7-13(17)16-9-3-4-10-16/h1-2,5-6,15H,3-4,7-10H2. The van der Waals surface area contributed by atoms with E-state index in [1.165, 1.54) is 12.1 Å². The lowest BCUT2D eigenvalue weighted by Crippen LogP contribution is -2.32. The number of nitrogens with one attached hydrogen (secondary N) is 1. The highest BCUT2D eigenvalue weighted by Crippen LogP contribution is 2.20. The van der Waals surface area contributed by atoms with Crippen LogP contribution in [0.5, 0.6) is 0 Å². The van der Waals surface area contributed by atoms with E-state index in [4.69, 9.17) is 11.6 Å². The monoisotopic (exact) mass is 316 g/mol. The summed E-state index contributed by atoms with van der Waals surface area (Å²) in [6.45, 7) is 1.63. The quantitative estimate of drug-likeness (QED) is 0.898. The lowest BCUT2D eigenvalue weighted by molar-refractivity contribution is -0.129. The van der Waals surface area contributed by atoms with Crippen LogP contribution in [0.2, 0.25) is 5.02 Å². The third kappa shape index (κ3) is 3.71. The van der Waals surface area contributed by atoms with Crippen molar-refractivity contribution in [3.05, 3.63) is 29.3 Å². The molecule has 1 aliphatic rings. The number of carbonyl (C=O) groups excluding carboxylic acids is 1. The first-order chi connectivity index (χ1) is 9.50. The van der Waals surface area contributed by atoms with Crippen molar-refractivity contribution in [1.29, 1.82) is 0 Å². The molecule has 1 amide bonds. The van der Waals surface area contributed by atoms with Crippen molar-refractivity contribution < 1.29 is 13.2 Å². The summed E-state index contributed by atoms with van der Waals surface area (Å²) in [5.41, 5.74) is 0. The molecular formula is C13H17ClN2O3S.